The van der Waals surface area contributed by atoms with Crippen LogP contribution in [0, 0.1) is 5.92 Å². The van der Waals surface area contributed by atoms with E-state index >= 15 is 0 Å². The van der Waals surface area contributed by atoms with E-state index in [0.717, 1.165) is 18.7 Å². The second-order valence-electron chi connectivity index (χ2n) is 5.97. The van der Waals surface area contributed by atoms with Crippen molar-refractivity contribution in [3.63, 3.8) is 0 Å². The Morgan fingerprint density at radius 1 is 1.50 bits per heavy atom. The molecule has 0 aromatic heterocycles. The van der Waals surface area contributed by atoms with Crippen LogP contribution < -0.4 is 5.32 Å². The van der Waals surface area contributed by atoms with Crippen molar-refractivity contribution in [2.45, 2.75) is 45.0 Å². The first-order valence-electron chi connectivity index (χ1n) is 6.64. The molecule has 1 heterocycles. The molecule has 0 spiro atoms. The van der Waals surface area contributed by atoms with Gasteiger partial charge in [0.25, 0.3) is 0 Å². The average Bonchev–Trinajstić information content (AvgIpc) is 2.26. The normalized spacial score (nSPS) is 25.1. The molecule has 2 atom stereocenters. The van der Waals surface area contributed by atoms with Crippen molar-refractivity contribution in [2.75, 3.05) is 25.4 Å². The van der Waals surface area contributed by atoms with Crippen LogP contribution >= 0.6 is 11.8 Å². The van der Waals surface area contributed by atoms with E-state index in [1.54, 1.807) is 4.90 Å². The number of piperidine rings is 1. The van der Waals surface area contributed by atoms with Gasteiger partial charge >= 0.3 is 6.03 Å². The average molecular weight is 274 g/mol. The largest absolute Gasteiger partial charge is 0.391 e. The van der Waals surface area contributed by atoms with Crippen LogP contribution in [0.4, 0.5) is 4.79 Å². The van der Waals surface area contributed by atoms with Crippen molar-refractivity contribution in [1.29, 1.82) is 0 Å². The maximum Gasteiger partial charge on any atom is 0.317 e. The molecule has 0 aromatic carbocycles. The number of amides is 2. The monoisotopic (exact) mass is 274 g/mol. The van der Waals surface area contributed by atoms with Gasteiger partial charge in [-0.25, -0.2) is 4.79 Å². The molecular weight excluding hydrogens is 248 g/mol. The summed E-state index contributed by atoms with van der Waals surface area (Å²) < 4.78 is 0.238. The number of thioether (sulfide) groups is 1. The predicted octanol–water partition coefficient (Wildman–Crippen LogP) is 1.93. The van der Waals surface area contributed by atoms with Crippen LogP contribution in [-0.4, -0.2) is 52.3 Å². The summed E-state index contributed by atoms with van der Waals surface area (Å²) in [6, 6.07) is -0.0459. The van der Waals surface area contributed by atoms with Gasteiger partial charge in [-0.1, -0.05) is 27.7 Å². The lowest BCUT2D eigenvalue weighted by Gasteiger charge is -2.34. The lowest BCUT2D eigenvalue weighted by Crippen LogP contribution is -2.50. The molecule has 4 nitrogen and oxygen atoms in total. The lowest BCUT2D eigenvalue weighted by atomic mass is 9.96. The van der Waals surface area contributed by atoms with Gasteiger partial charge in [-0.05, 0) is 12.3 Å². The molecule has 5 heteroatoms. The molecule has 1 saturated heterocycles. The van der Waals surface area contributed by atoms with Gasteiger partial charge in [-0.2, -0.15) is 11.8 Å². The van der Waals surface area contributed by atoms with E-state index in [-0.39, 0.29) is 16.9 Å². The molecule has 1 fully saturated rings. The van der Waals surface area contributed by atoms with Gasteiger partial charge in [0.05, 0.1) is 6.10 Å². The second kappa shape index (κ2) is 6.66. The summed E-state index contributed by atoms with van der Waals surface area (Å²) in [6.45, 7) is 10.4. The number of likely N-dealkylation sites (tertiary alicyclic amines) is 1. The third-order valence-electron chi connectivity index (χ3n) is 3.12. The summed E-state index contributed by atoms with van der Waals surface area (Å²) in [5.74, 6) is 1.22. The van der Waals surface area contributed by atoms with Gasteiger partial charge in [0.15, 0.2) is 0 Å². The Hall–Kier alpha value is -0.420. The van der Waals surface area contributed by atoms with Gasteiger partial charge < -0.3 is 15.3 Å². The smallest absolute Gasteiger partial charge is 0.317 e. The van der Waals surface area contributed by atoms with Gasteiger partial charge in [-0.15, -0.1) is 0 Å². The van der Waals surface area contributed by atoms with E-state index in [4.69, 9.17) is 0 Å². The topological polar surface area (TPSA) is 52.6 Å². The molecule has 0 aliphatic carbocycles. The maximum atomic E-state index is 11.9. The van der Waals surface area contributed by atoms with Crippen molar-refractivity contribution in [2.24, 2.45) is 5.92 Å². The highest BCUT2D eigenvalue weighted by atomic mass is 32.2. The minimum absolute atomic E-state index is 0.0459. The van der Waals surface area contributed by atoms with Crippen molar-refractivity contribution in [3.8, 4) is 0 Å². The molecule has 1 aliphatic heterocycles. The molecule has 106 valence electrons. The van der Waals surface area contributed by atoms with E-state index < -0.39 is 0 Å². The highest BCUT2D eigenvalue weighted by molar-refractivity contribution is 8.00. The van der Waals surface area contributed by atoms with Crippen LogP contribution in [0.2, 0.25) is 0 Å². The Kier molecular flexibility index (Phi) is 5.79. The Balaban J connectivity index is 2.21. The molecule has 1 rings (SSSR count). The molecule has 2 unspecified atom stereocenters. The molecule has 2 amide bonds. The number of rotatable bonds is 3. The summed E-state index contributed by atoms with van der Waals surface area (Å²) in [7, 11) is 0. The summed E-state index contributed by atoms with van der Waals surface area (Å²) >= 11 is 1.84. The van der Waals surface area contributed by atoms with Crippen LogP contribution in [0.1, 0.15) is 34.1 Å². The number of β-amino-alcohol motifs (C(OH)–C–C–N with tert-alkyl or cyclic N) is 1. The maximum absolute atomic E-state index is 11.9. The van der Waals surface area contributed by atoms with E-state index in [9.17, 15) is 9.90 Å². The number of nitrogens with one attached hydrogen (secondary N) is 1. The number of hydrogen-bond donors (Lipinski definition) is 2. The first-order chi connectivity index (χ1) is 8.29. The van der Waals surface area contributed by atoms with Crippen LogP contribution in [-0.2, 0) is 0 Å². The van der Waals surface area contributed by atoms with Crippen molar-refractivity contribution in [3.05, 3.63) is 0 Å². The highest BCUT2D eigenvalue weighted by Gasteiger charge is 2.26. The van der Waals surface area contributed by atoms with E-state index in [2.05, 4.69) is 26.1 Å². The van der Waals surface area contributed by atoms with Gasteiger partial charge in [0.2, 0.25) is 0 Å². The van der Waals surface area contributed by atoms with Gasteiger partial charge in [0.1, 0.15) is 0 Å². The molecular formula is C13H26N2O2S. The minimum Gasteiger partial charge on any atom is -0.391 e. The summed E-state index contributed by atoms with van der Waals surface area (Å²) in [6.07, 6.45) is 0.499. The van der Waals surface area contributed by atoms with Crippen LogP contribution in [0.5, 0.6) is 0 Å². The van der Waals surface area contributed by atoms with E-state index in [0.29, 0.717) is 19.0 Å². The molecule has 2 N–H and O–H groups in total. The number of carbonyl (C=O) groups is 1. The number of urea groups is 1. The zero-order valence-electron chi connectivity index (χ0n) is 11.9. The van der Waals surface area contributed by atoms with Crippen LogP contribution in [0.15, 0.2) is 0 Å². The predicted molar refractivity (Wildman–Crippen MR) is 77.0 cm³/mol. The number of aliphatic hydroxyl groups excluding tert-OH is 1. The fraction of sp³-hybridized carbons (Fsp3) is 0.923. The molecule has 0 bridgehead atoms. The standard InChI is InChI=1S/C13H26N2O2S/c1-10-5-7-15(9-11(10)16)12(17)14-6-8-18-13(2,3)4/h10-11,16H,5-9H2,1-4H3,(H,14,17). The van der Waals surface area contributed by atoms with Crippen molar-refractivity contribution < 1.29 is 9.90 Å². The Morgan fingerprint density at radius 3 is 2.72 bits per heavy atom. The highest BCUT2D eigenvalue weighted by Crippen LogP contribution is 2.22. The summed E-state index contributed by atoms with van der Waals surface area (Å²) in [5, 5.41) is 12.7. The van der Waals surface area contributed by atoms with E-state index in [1.807, 2.05) is 18.7 Å². The number of hydrogen-bond acceptors (Lipinski definition) is 3. The molecule has 0 radical (unpaired) electrons. The third-order valence-corrected chi connectivity index (χ3v) is 4.39. The molecule has 0 saturated carbocycles. The minimum atomic E-state index is -0.381. The zero-order chi connectivity index (χ0) is 13.8. The van der Waals surface area contributed by atoms with Crippen molar-refractivity contribution in [1.82, 2.24) is 10.2 Å². The fourth-order valence-electron chi connectivity index (χ4n) is 1.86. The van der Waals surface area contributed by atoms with Gasteiger partial charge in [-0.3, -0.25) is 0 Å². The number of carbonyl (C=O) groups excluding carboxylic acids is 1. The lowest BCUT2D eigenvalue weighted by molar-refractivity contribution is 0.0437. The first-order valence-corrected chi connectivity index (χ1v) is 7.63. The summed E-state index contributed by atoms with van der Waals surface area (Å²) in [4.78, 5) is 13.6. The van der Waals surface area contributed by atoms with Gasteiger partial charge in [0, 0.05) is 30.1 Å². The molecule has 18 heavy (non-hydrogen) atoms. The SMILES string of the molecule is CC1CCN(C(=O)NCCSC(C)(C)C)CC1O. The summed E-state index contributed by atoms with van der Waals surface area (Å²) in [5.41, 5.74) is 0. The van der Waals surface area contributed by atoms with Crippen LogP contribution in [0.25, 0.3) is 0 Å². The van der Waals surface area contributed by atoms with Crippen LogP contribution in [0.3, 0.4) is 0 Å². The van der Waals surface area contributed by atoms with Crippen molar-refractivity contribution >= 4 is 17.8 Å². The number of aliphatic hydroxyl groups is 1. The fourth-order valence-corrected chi connectivity index (χ4v) is 2.68. The first kappa shape index (κ1) is 15.6. The second-order valence-corrected chi connectivity index (χ2v) is 7.89. The quantitative estimate of drug-likeness (QED) is 0.773. The molecule has 0 aromatic rings. The Morgan fingerprint density at radius 2 is 2.17 bits per heavy atom. The molecule has 1 aliphatic rings. The third kappa shape index (κ3) is 5.48. The number of nitrogens with zero attached hydrogens (tertiary/aromatic N) is 1. The zero-order valence-corrected chi connectivity index (χ0v) is 12.7. The Bertz CT molecular complexity index is 279. The Labute approximate surface area is 115 Å². The van der Waals surface area contributed by atoms with E-state index in [1.165, 1.54) is 0 Å².